The highest BCUT2D eigenvalue weighted by Crippen LogP contribution is 2.27. The topological polar surface area (TPSA) is 64.8 Å². The molecule has 0 radical (unpaired) electrons. The predicted molar refractivity (Wildman–Crippen MR) is 107 cm³/mol. The summed E-state index contributed by atoms with van der Waals surface area (Å²) in [5.74, 6) is 0.276. The summed E-state index contributed by atoms with van der Waals surface area (Å²) in [6.07, 6.45) is 4.24. The van der Waals surface area contributed by atoms with Crippen molar-refractivity contribution in [3.63, 3.8) is 0 Å². The molecule has 1 aliphatic rings. The van der Waals surface area contributed by atoms with Gasteiger partial charge in [-0.25, -0.2) is 9.97 Å². The van der Waals surface area contributed by atoms with Gasteiger partial charge in [0, 0.05) is 19.0 Å². The minimum absolute atomic E-state index is 0.146. The molecule has 136 valence electrons. The lowest BCUT2D eigenvalue weighted by atomic mass is 9.99. The molecule has 0 bridgehead atoms. The van der Waals surface area contributed by atoms with E-state index in [1.165, 1.54) is 0 Å². The van der Waals surface area contributed by atoms with Crippen molar-refractivity contribution >= 4 is 16.8 Å². The van der Waals surface area contributed by atoms with Crippen LogP contribution in [0, 0.1) is 0 Å². The number of carbonyl (C=O) groups is 1. The van der Waals surface area contributed by atoms with Gasteiger partial charge in [-0.15, -0.1) is 0 Å². The van der Waals surface area contributed by atoms with Crippen LogP contribution >= 0.6 is 0 Å². The highest BCUT2D eigenvalue weighted by Gasteiger charge is 2.18. The number of pyridine rings is 1. The summed E-state index contributed by atoms with van der Waals surface area (Å²) in [4.78, 5) is 32.9. The van der Waals surface area contributed by atoms with E-state index in [0.717, 1.165) is 27.8 Å². The number of benzene rings is 2. The molecule has 0 saturated carbocycles. The van der Waals surface area contributed by atoms with Crippen LogP contribution in [0.25, 0.3) is 22.2 Å². The molecule has 2 aromatic carbocycles. The van der Waals surface area contributed by atoms with Gasteiger partial charge < -0.3 is 0 Å². The van der Waals surface area contributed by atoms with E-state index in [1.54, 1.807) is 29.2 Å². The molecule has 2 aromatic heterocycles. The van der Waals surface area contributed by atoms with E-state index in [4.69, 9.17) is 0 Å². The molecule has 0 spiro atoms. The Morgan fingerprint density at radius 1 is 0.857 bits per heavy atom. The average molecular weight is 367 g/mol. The molecule has 0 saturated heterocycles. The fourth-order valence-corrected chi connectivity index (χ4v) is 3.77. The SMILES string of the molecule is O=C1Cc2ccc(-c3cccc(Cn4cnc5cccnc5c4=O)c3)cc2C1. The predicted octanol–water partition coefficient (Wildman–Crippen LogP) is 3.17. The Kier molecular flexibility index (Phi) is 3.86. The maximum atomic E-state index is 12.7. The summed E-state index contributed by atoms with van der Waals surface area (Å²) in [7, 11) is 0. The number of aromatic nitrogens is 3. The smallest absolute Gasteiger partial charge is 0.280 e. The molecule has 0 amide bonds. The van der Waals surface area contributed by atoms with Crippen LogP contribution in [0.15, 0.2) is 71.9 Å². The van der Waals surface area contributed by atoms with Crippen molar-refractivity contribution in [2.24, 2.45) is 0 Å². The van der Waals surface area contributed by atoms with Crippen LogP contribution < -0.4 is 5.56 Å². The Morgan fingerprint density at radius 3 is 2.64 bits per heavy atom. The van der Waals surface area contributed by atoms with E-state index < -0.39 is 0 Å². The van der Waals surface area contributed by atoms with E-state index in [0.29, 0.717) is 30.4 Å². The Bertz CT molecular complexity index is 1290. The minimum atomic E-state index is -0.146. The third kappa shape index (κ3) is 2.91. The van der Waals surface area contributed by atoms with Crippen molar-refractivity contribution in [3.8, 4) is 11.1 Å². The van der Waals surface area contributed by atoms with Gasteiger partial charge in [0.25, 0.3) is 5.56 Å². The normalized spacial score (nSPS) is 13.1. The van der Waals surface area contributed by atoms with E-state index in [-0.39, 0.29) is 11.3 Å². The Balaban J connectivity index is 1.49. The van der Waals surface area contributed by atoms with Crippen molar-refractivity contribution < 1.29 is 4.79 Å². The quantitative estimate of drug-likeness (QED) is 0.558. The molecular weight excluding hydrogens is 350 g/mol. The summed E-state index contributed by atoms with van der Waals surface area (Å²) >= 11 is 0. The number of fused-ring (bicyclic) bond motifs is 2. The van der Waals surface area contributed by atoms with Crippen LogP contribution in [0.5, 0.6) is 0 Å². The molecule has 5 nitrogen and oxygen atoms in total. The van der Waals surface area contributed by atoms with Crippen molar-refractivity contribution in [1.29, 1.82) is 0 Å². The molecule has 0 N–H and O–H groups in total. The highest BCUT2D eigenvalue weighted by molar-refractivity contribution is 5.88. The van der Waals surface area contributed by atoms with Crippen molar-refractivity contribution in [1.82, 2.24) is 14.5 Å². The van der Waals surface area contributed by atoms with Crippen molar-refractivity contribution in [2.45, 2.75) is 19.4 Å². The van der Waals surface area contributed by atoms with Crippen LogP contribution in [0.4, 0.5) is 0 Å². The molecule has 1 aliphatic carbocycles. The third-order valence-electron chi connectivity index (χ3n) is 5.18. The summed E-state index contributed by atoms with van der Waals surface area (Å²) in [5.41, 5.74) is 6.25. The van der Waals surface area contributed by atoms with E-state index in [9.17, 15) is 9.59 Å². The number of carbonyl (C=O) groups excluding carboxylic acids is 1. The maximum absolute atomic E-state index is 12.7. The summed E-state index contributed by atoms with van der Waals surface area (Å²) < 4.78 is 1.58. The first-order chi connectivity index (χ1) is 13.7. The second-order valence-corrected chi connectivity index (χ2v) is 7.12. The van der Waals surface area contributed by atoms with Crippen LogP contribution in [0.1, 0.15) is 16.7 Å². The summed E-state index contributed by atoms with van der Waals surface area (Å²) in [6.45, 7) is 0.426. The molecule has 5 heteroatoms. The fraction of sp³-hybridized carbons (Fsp3) is 0.130. The van der Waals surface area contributed by atoms with Gasteiger partial charge in [0.15, 0.2) is 5.52 Å². The lowest BCUT2D eigenvalue weighted by Gasteiger charge is -2.09. The van der Waals surface area contributed by atoms with Gasteiger partial charge in [-0.05, 0) is 46.0 Å². The number of Topliss-reactive ketones (excluding diaryl/α,β-unsaturated/α-hetero) is 1. The molecule has 2 heterocycles. The average Bonchev–Trinajstić information content (AvgIpc) is 3.10. The molecule has 4 aromatic rings. The van der Waals surface area contributed by atoms with Crippen LogP contribution in [-0.4, -0.2) is 20.3 Å². The van der Waals surface area contributed by atoms with Gasteiger partial charge in [0.05, 0.1) is 18.4 Å². The lowest BCUT2D eigenvalue weighted by Crippen LogP contribution is -2.21. The third-order valence-corrected chi connectivity index (χ3v) is 5.18. The number of rotatable bonds is 3. The van der Waals surface area contributed by atoms with E-state index in [2.05, 4.69) is 28.2 Å². The first-order valence-corrected chi connectivity index (χ1v) is 9.20. The van der Waals surface area contributed by atoms with Gasteiger partial charge in [-0.2, -0.15) is 0 Å². The number of nitrogens with zero attached hydrogens (tertiary/aromatic N) is 3. The zero-order valence-electron chi connectivity index (χ0n) is 15.1. The highest BCUT2D eigenvalue weighted by atomic mass is 16.1. The first kappa shape index (κ1) is 16.6. The second-order valence-electron chi connectivity index (χ2n) is 7.12. The number of hydrogen-bond acceptors (Lipinski definition) is 4. The molecule has 0 unspecified atom stereocenters. The largest absolute Gasteiger partial charge is 0.299 e. The lowest BCUT2D eigenvalue weighted by molar-refractivity contribution is -0.117. The van der Waals surface area contributed by atoms with Gasteiger partial charge in [0.1, 0.15) is 5.78 Å². The fourth-order valence-electron chi connectivity index (χ4n) is 3.77. The van der Waals surface area contributed by atoms with Gasteiger partial charge in [0.2, 0.25) is 0 Å². The Morgan fingerprint density at radius 2 is 1.71 bits per heavy atom. The zero-order valence-corrected chi connectivity index (χ0v) is 15.1. The molecule has 0 atom stereocenters. The van der Waals surface area contributed by atoms with Crippen LogP contribution in [0.3, 0.4) is 0 Å². The van der Waals surface area contributed by atoms with Crippen molar-refractivity contribution in [2.75, 3.05) is 0 Å². The zero-order chi connectivity index (χ0) is 19.1. The molecule has 0 fully saturated rings. The van der Waals surface area contributed by atoms with Crippen molar-refractivity contribution in [3.05, 3.63) is 94.2 Å². The van der Waals surface area contributed by atoms with E-state index >= 15 is 0 Å². The molecule has 28 heavy (non-hydrogen) atoms. The monoisotopic (exact) mass is 367 g/mol. The number of ketones is 1. The van der Waals surface area contributed by atoms with Crippen LogP contribution in [-0.2, 0) is 24.2 Å². The standard InChI is InChI=1S/C23H17N3O2/c27-20-11-18-7-6-17(10-19(18)12-20)16-4-1-3-15(9-16)13-26-14-25-21-5-2-8-24-22(21)23(26)28/h1-10,14H,11-13H2. The Hall–Kier alpha value is -3.60. The van der Waals surface area contributed by atoms with E-state index in [1.807, 2.05) is 24.3 Å². The summed E-state index contributed by atoms with van der Waals surface area (Å²) in [6, 6.07) is 17.9. The first-order valence-electron chi connectivity index (χ1n) is 9.20. The summed E-state index contributed by atoms with van der Waals surface area (Å²) in [5, 5.41) is 0. The molecular formula is C23H17N3O2. The Labute approximate surface area is 161 Å². The van der Waals surface area contributed by atoms with Gasteiger partial charge >= 0.3 is 0 Å². The minimum Gasteiger partial charge on any atom is -0.299 e. The van der Waals surface area contributed by atoms with Gasteiger partial charge in [-0.3, -0.25) is 14.2 Å². The maximum Gasteiger partial charge on any atom is 0.280 e. The van der Waals surface area contributed by atoms with Crippen LogP contribution in [0.2, 0.25) is 0 Å². The van der Waals surface area contributed by atoms with Gasteiger partial charge in [-0.1, -0.05) is 36.4 Å². The number of hydrogen-bond donors (Lipinski definition) is 0. The molecule has 5 rings (SSSR count). The second kappa shape index (κ2) is 6.53. The molecule has 0 aliphatic heterocycles.